The monoisotopic (exact) mass is 512 g/mol. The van der Waals surface area contributed by atoms with E-state index < -0.39 is 15.2 Å². The number of hydrogen-bond acceptors (Lipinski definition) is 7. The lowest BCUT2D eigenvalue weighted by atomic mass is 10.0. The van der Waals surface area contributed by atoms with E-state index >= 15 is 0 Å². The first-order valence-corrected chi connectivity index (χ1v) is 15.1. The zero-order valence-electron chi connectivity index (χ0n) is 20.9. The molecular formula is C25H38O7P2. The van der Waals surface area contributed by atoms with Crippen molar-refractivity contribution in [2.24, 2.45) is 0 Å². The third kappa shape index (κ3) is 7.04. The van der Waals surface area contributed by atoms with Gasteiger partial charge in [-0.15, -0.1) is 0 Å². The zero-order valence-corrected chi connectivity index (χ0v) is 22.7. The molecule has 0 heterocycles. The van der Waals surface area contributed by atoms with Gasteiger partial charge in [-0.3, -0.25) is 9.13 Å². The van der Waals surface area contributed by atoms with E-state index in [1.807, 2.05) is 58.0 Å². The largest absolute Gasteiger partial charge is 0.507 e. The molecule has 7 nitrogen and oxygen atoms in total. The van der Waals surface area contributed by atoms with Crippen LogP contribution < -0.4 is 0 Å². The Morgan fingerprint density at radius 1 is 0.824 bits per heavy atom. The van der Waals surface area contributed by atoms with Crippen molar-refractivity contribution in [1.29, 1.82) is 0 Å². The Hall–Kier alpha value is -1.46. The molecular weight excluding hydrogens is 474 g/mol. The third-order valence-electron chi connectivity index (χ3n) is 5.02. The first kappa shape index (κ1) is 28.8. The zero-order chi connectivity index (χ0) is 25.2. The SMILES string of the molecule is CCCOP(=O)(OCCC)C(=Cc1cc2ccccc2c(O)c1C)P(=O)(OCCC)OCCC. The van der Waals surface area contributed by atoms with Crippen LogP contribution in [0.25, 0.3) is 16.8 Å². The summed E-state index contributed by atoms with van der Waals surface area (Å²) >= 11 is 0. The Balaban J connectivity index is 2.81. The molecule has 0 atom stereocenters. The van der Waals surface area contributed by atoms with Crippen LogP contribution in [0.1, 0.15) is 64.5 Å². The van der Waals surface area contributed by atoms with Gasteiger partial charge >= 0.3 is 15.2 Å². The maximum atomic E-state index is 14.2. The minimum Gasteiger partial charge on any atom is -0.507 e. The van der Waals surface area contributed by atoms with Gasteiger partial charge in [0.25, 0.3) is 0 Å². The van der Waals surface area contributed by atoms with E-state index in [1.165, 1.54) is 6.08 Å². The van der Waals surface area contributed by atoms with E-state index in [0.717, 1.165) is 5.39 Å². The van der Waals surface area contributed by atoms with Gasteiger partial charge in [0.05, 0.1) is 26.4 Å². The Kier molecular flexibility index (Phi) is 11.5. The van der Waals surface area contributed by atoms with Crippen LogP contribution in [-0.4, -0.2) is 31.5 Å². The van der Waals surface area contributed by atoms with Gasteiger partial charge in [0, 0.05) is 5.39 Å². The number of hydrogen-bond donors (Lipinski definition) is 1. The highest BCUT2D eigenvalue weighted by Gasteiger charge is 2.45. The molecule has 9 heteroatoms. The maximum Gasteiger partial charge on any atom is 0.369 e. The molecule has 0 saturated heterocycles. The number of phenolic OH excluding ortho intramolecular Hbond substituents is 1. The Labute approximate surface area is 203 Å². The fourth-order valence-electron chi connectivity index (χ4n) is 3.24. The average molecular weight is 513 g/mol. The van der Waals surface area contributed by atoms with Crippen LogP contribution in [0.3, 0.4) is 0 Å². The summed E-state index contributed by atoms with van der Waals surface area (Å²) in [6.45, 7) is 9.92. The van der Waals surface area contributed by atoms with Gasteiger partial charge in [-0.2, -0.15) is 0 Å². The van der Waals surface area contributed by atoms with Crippen molar-refractivity contribution in [3.8, 4) is 5.75 Å². The Bertz CT molecular complexity index is 1000. The van der Waals surface area contributed by atoms with E-state index in [4.69, 9.17) is 18.1 Å². The number of aromatic hydroxyl groups is 1. The summed E-state index contributed by atoms with van der Waals surface area (Å²) in [5.74, 6) is 0.0984. The normalized spacial score (nSPS) is 12.3. The molecule has 0 aromatic heterocycles. The van der Waals surface area contributed by atoms with Crippen molar-refractivity contribution in [1.82, 2.24) is 0 Å². The molecule has 0 amide bonds. The fourth-order valence-corrected chi connectivity index (χ4v) is 8.09. The van der Waals surface area contributed by atoms with Crippen LogP contribution in [0.4, 0.5) is 0 Å². The first-order valence-electron chi connectivity index (χ1n) is 12.0. The Morgan fingerprint density at radius 2 is 1.26 bits per heavy atom. The number of fused-ring (bicyclic) bond motifs is 1. The minimum absolute atomic E-state index is 0.0984. The van der Waals surface area contributed by atoms with E-state index in [9.17, 15) is 14.2 Å². The van der Waals surface area contributed by atoms with Crippen molar-refractivity contribution in [3.63, 3.8) is 0 Å². The molecule has 0 aliphatic rings. The van der Waals surface area contributed by atoms with Gasteiger partial charge < -0.3 is 23.2 Å². The first-order chi connectivity index (χ1) is 16.3. The van der Waals surface area contributed by atoms with Gasteiger partial charge in [-0.25, -0.2) is 0 Å². The number of benzene rings is 2. The molecule has 0 saturated carbocycles. The molecule has 190 valence electrons. The van der Waals surface area contributed by atoms with Crippen LogP contribution in [0.2, 0.25) is 0 Å². The van der Waals surface area contributed by atoms with Crippen LogP contribution >= 0.6 is 15.2 Å². The molecule has 0 spiro atoms. The van der Waals surface area contributed by atoms with E-state index in [-0.39, 0.29) is 37.2 Å². The number of phenols is 1. The van der Waals surface area contributed by atoms with Crippen LogP contribution in [0, 0.1) is 6.92 Å². The molecule has 0 bridgehead atoms. The van der Waals surface area contributed by atoms with Crippen molar-refractivity contribution in [3.05, 3.63) is 46.5 Å². The molecule has 0 unspecified atom stereocenters. The predicted octanol–water partition coefficient (Wildman–Crippen LogP) is 8.24. The predicted molar refractivity (Wildman–Crippen MR) is 139 cm³/mol. The molecule has 0 aliphatic heterocycles. The Morgan fingerprint density at radius 3 is 1.71 bits per heavy atom. The smallest absolute Gasteiger partial charge is 0.369 e. The van der Waals surface area contributed by atoms with Gasteiger partial charge in [0.2, 0.25) is 0 Å². The van der Waals surface area contributed by atoms with Gasteiger partial charge in [-0.05, 0) is 61.3 Å². The quantitative estimate of drug-likeness (QED) is 0.240. The lowest BCUT2D eigenvalue weighted by molar-refractivity contribution is 0.199. The fraction of sp³-hybridized carbons (Fsp3) is 0.520. The van der Waals surface area contributed by atoms with Crippen LogP contribution in [0.5, 0.6) is 5.75 Å². The van der Waals surface area contributed by atoms with Crippen molar-refractivity contribution in [2.45, 2.75) is 60.3 Å². The molecule has 0 aliphatic carbocycles. The van der Waals surface area contributed by atoms with Gasteiger partial charge in [0.1, 0.15) is 5.75 Å². The topological polar surface area (TPSA) is 91.3 Å². The van der Waals surface area contributed by atoms with Crippen LogP contribution in [-0.2, 0) is 27.2 Å². The molecule has 34 heavy (non-hydrogen) atoms. The van der Waals surface area contributed by atoms with E-state index in [1.54, 1.807) is 6.92 Å². The molecule has 2 rings (SSSR count). The van der Waals surface area contributed by atoms with Crippen molar-refractivity contribution < 1.29 is 32.3 Å². The maximum absolute atomic E-state index is 14.2. The van der Waals surface area contributed by atoms with E-state index in [0.29, 0.717) is 42.2 Å². The highest BCUT2D eigenvalue weighted by Crippen LogP contribution is 2.74. The lowest BCUT2D eigenvalue weighted by Gasteiger charge is -2.27. The second-order valence-corrected chi connectivity index (χ2v) is 12.3. The average Bonchev–Trinajstić information content (AvgIpc) is 2.85. The van der Waals surface area contributed by atoms with Crippen molar-refractivity contribution in [2.75, 3.05) is 26.4 Å². The summed E-state index contributed by atoms with van der Waals surface area (Å²) in [7, 11) is -8.12. The second-order valence-electron chi connectivity index (χ2n) is 7.99. The van der Waals surface area contributed by atoms with Gasteiger partial charge in [0.15, 0.2) is 5.06 Å². The van der Waals surface area contributed by atoms with Crippen molar-refractivity contribution >= 4 is 32.0 Å². The molecule has 2 aromatic rings. The second kappa shape index (κ2) is 13.6. The van der Waals surface area contributed by atoms with Crippen LogP contribution in [0.15, 0.2) is 35.4 Å². The summed E-state index contributed by atoms with van der Waals surface area (Å²) < 4.78 is 51.3. The molecule has 0 fully saturated rings. The summed E-state index contributed by atoms with van der Waals surface area (Å²) in [6, 6.07) is 9.25. The summed E-state index contributed by atoms with van der Waals surface area (Å²) in [5, 5.41) is 12.2. The highest BCUT2D eigenvalue weighted by molar-refractivity contribution is 7.79. The van der Waals surface area contributed by atoms with Gasteiger partial charge in [-0.1, -0.05) is 52.0 Å². The third-order valence-corrected chi connectivity index (χ3v) is 9.96. The highest BCUT2D eigenvalue weighted by atomic mass is 31.2. The number of rotatable bonds is 15. The molecule has 0 radical (unpaired) electrons. The molecule has 2 aromatic carbocycles. The summed E-state index contributed by atoms with van der Waals surface area (Å²) in [5.41, 5.74) is 1.08. The molecule has 1 N–H and O–H groups in total. The summed E-state index contributed by atoms with van der Waals surface area (Å²) in [6.07, 6.45) is 3.88. The minimum atomic E-state index is -4.06. The van der Waals surface area contributed by atoms with E-state index in [2.05, 4.69) is 0 Å². The summed E-state index contributed by atoms with van der Waals surface area (Å²) in [4.78, 5) is 0. The lowest BCUT2D eigenvalue weighted by Crippen LogP contribution is -2.07. The standard InChI is InChI=1S/C25H38O7P2/c1-6-14-29-33(27,30-15-7-2)24(34(28,31-16-8-3)32-17-9-4)19-22-18-21-12-10-11-13-23(21)25(26)20(22)5/h10-13,18-19,26H,6-9,14-17H2,1-5H3.